The number of rotatable bonds is 7. The van der Waals surface area contributed by atoms with Crippen molar-refractivity contribution in [3.8, 4) is 0 Å². The van der Waals surface area contributed by atoms with Gasteiger partial charge in [0, 0.05) is 13.1 Å². The van der Waals surface area contributed by atoms with E-state index in [-0.39, 0.29) is 23.8 Å². The predicted octanol–water partition coefficient (Wildman–Crippen LogP) is 2.86. The smallest absolute Gasteiger partial charge is 0.243 e. The molecule has 0 fully saturated rings. The van der Waals surface area contributed by atoms with Crippen LogP contribution in [0.15, 0.2) is 48.5 Å². The maximum Gasteiger partial charge on any atom is 0.243 e. The minimum Gasteiger partial charge on any atom is -0.350 e. The predicted molar refractivity (Wildman–Crippen MR) is 115 cm³/mol. The molecule has 154 valence electrons. The number of hydrogen-bond donors (Lipinski definition) is 3. The summed E-state index contributed by atoms with van der Waals surface area (Å²) in [5.74, 6) is -0.201. The van der Waals surface area contributed by atoms with E-state index in [4.69, 9.17) is 0 Å². The molecule has 5 heteroatoms. The molecule has 3 N–H and O–H groups in total. The molecule has 3 rings (SSSR count). The van der Waals surface area contributed by atoms with Gasteiger partial charge in [-0.25, -0.2) is 0 Å². The van der Waals surface area contributed by atoms with E-state index >= 15 is 0 Å². The normalized spacial score (nSPS) is 17.7. The fraction of sp³-hybridized carbons (Fsp3) is 0.417. The molecule has 29 heavy (non-hydrogen) atoms. The monoisotopic (exact) mass is 393 g/mol. The van der Waals surface area contributed by atoms with Crippen molar-refractivity contribution in [2.24, 2.45) is 5.92 Å². The third-order valence-corrected chi connectivity index (χ3v) is 5.78. The molecule has 0 aliphatic carbocycles. The third kappa shape index (κ3) is 5.45. The zero-order chi connectivity index (χ0) is 20.8. The van der Waals surface area contributed by atoms with Gasteiger partial charge in [0.1, 0.15) is 6.04 Å². The van der Waals surface area contributed by atoms with E-state index in [0.717, 1.165) is 12.0 Å². The Morgan fingerprint density at radius 3 is 2.48 bits per heavy atom. The van der Waals surface area contributed by atoms with Crippen LogP contribution in [0.1, 0.15) is 42.5 Å². The van der Waals surface area contributed by atoms with Gasteiger partial charge in [0.15, 0.2) is 0 Å². The van der Waals surface area contributed by atoms with Crippen molar-refractivity contribution in [1.29, 1.82) is 0 Å². The van der Waals surface area contributed by atoms with Crippen molar-refractivity contribution in [2.45, 2.75) is 58.8 Å². The second kappa shape index (κ2) is 9.70. The van der Waals surface area contributed by atoms with Gasteiger partial charge in [-0.15, -0.1) is 0 Å². The highest BCUT2D eigenvalue weighted by molar-refractivity contribution is 5.90. The van der Waals surface area contributed by atoms with Gasteiger partial charge < -0.3 is 16.0 Å². The number of hydrogen-bond acceptors (Lipinski definition) is 3. The highest BCUT2D eigenvalue weighted by Gasteiger charge is 2.30. The first-order valence-corrected chi connectivity index (χ1v) is 10.4. The average molecular weight is 394 g/mol. The van der Waals surface area contributed by atoms with E-state index in [9.17, 15) is 9.59 Å². The Hall–Kier alpha value is -2.66. The zero-order valence-electron chi connectivity index (χ0n) is 17.5. The fourth-order valence-electron chi connectivity index (χ4n) is 3.60. The lowest BCUT2D eigenvalue weighted by Crippen LogP contribution is -2.56. The Morgan fingerprint density at radius 2 is 1.79 bits per heavy atom. The van der Waals surface area contributed by atoms with Crippen LogP contribution in [0.4, 0.5) is 0 Å². The fourth-order valence-corrected chi connectivity index (χ4v) is 3.60. The molecular formula is C24H31N3O2. The summed E-state index contributed by atoms with van der Waals surface area (Å²) < 4.78 is 0. The molecule has 1 aliphatic heterocycles. The molecule has 0 saturated carbocycles. The number of aryl methyl sites for hydroxylation is 1. The summed E-state index contributed by atoms with van der Waals surface area (Å²) in [6.45, 7) is 7.19. The molecule has 1 heterocycles. The highest BCUT2D eigenvalue weighted by atomic mass is 16.2. The van der Waals surface area contributed by atoms with Crippen molar-refractivity contribution in [1.82, 2.24) is 16.0 Å². The van der Waals surface area contributed by atoms with Crippen LogP contribution in [0.5, 0.6) is 0 Å². The van der Waals surface area contributed by atoms with E-state index in [2.05, 4.69) is 28.1 Å². The molecule has 2 aromatic carbocycles. The van der Waals surface area contributed by atoms with E-state index in [0.29, 0.717) is 19.5 Å². The maximum atomic E-state index is 12.9. The Morgan fingerprint density at radius 1 is 1.10 bits per heavy atom. The van der Waals surface area contributed by atoms with Crippen LogP contribution >= 0.6 is 0 Å². The Bertz CT molecular complexity index is 847. The van der Waals surface area contributed by atoms with Crippen molar-refractivity contribution >= 4 is 11.8 Å². The van der Waals surface area contributed by atoms with Gasteiger partial charge in [0.25, 0.3) is 0 Å². The summed E-state index contributed by atoms with van der Waals surface area (Å²) in [4.78, 5) is 25.8. The molecule has 0 radical (unpaired) electrons. The quantitative estimate of drug-likeness (QED) is 0.677. The number of fused-ring (bicyclic) bond motifs is 1. The minimum atomic E-state index is -0.545. The summed E-state index contributed by atoms with van der Waals surface area (Å²) in [5.41, 5.74) is 4.65. The van der Waals surface area contributed by atoms with E-state index in [1.807, 2.05) is 57.2 Å². The third-order valence-electron chi connectivity index (χ3n) is 5.78. The number of nitrogens with one attached hydrogen (secondary N) is 3. The molecule has 0 bridgehead atoms. The molecule has 1 aliphatic rings. The van der Waals surface area contributed by atoms with Crippen LogP contribution < -0.4 is 16.0 Å². The van der Waals surface area contributed by atoms with E-state index in [1.165, 1.54) is 16.7 Å². The Balaban J connectivity index is 1.61. The number of carbonyl (C=O) groups is 2. The van der Waals surface area contributed by atoms with Crippen LogP contribution in [0.25, 0.3) is 0 Å². The molecule has 5 nitrogen and oxygen atoms in total. The second-order valence-electron chi connectivity index (χ2n) is 7.98. The average Bonchev–Trinajstić information content (AvgIpc) is 2.75. The standard InChI is InChI=1S/C24H31N3O2/c1-4-17(3)22(24(29)26-14-18-11-9-16(2)10-12-18)27-23(28)21-13-19-7-5-6-8-20(19)15-25-21/h5-12,17,21-22,25H,4,13-15H2,1-3H3,(H,26,29)(H,27,28)/t17?,21-,22-/m0/s1. The molecule has 3 atom stereocenters. The Kier molecular flexibility index (Phi) is 7.04. The zero-order valence-corrected chi connectivity index (χ0v) is 17.5. The summed E-state index contributed by atoms with van der Waals surface area (Å²) in [5, 5.41) is 9.28. The second-order valence-corrected chi connectivity index (χ2v) is 7.98. The number of benzene rings is 2. The summed E-state index contributed by atoms with van der Waals surface area (Å²) in [6, 6.07) is 15.4. The topological polar surface area (TPSA) is 70.2 Å². The molecular weight excluding hydrogens is 362 g/mol. The van der Waals surface area contributed by atoms with Crippen LogP contribution in [-0.4, -0.2) is 23.9 Å². The van der Waals surface area contributed by atoms with Gasteiger partial charge in [0.05, 0.1) is 6.04 Å². The first-order chi connectivity index (χ1) is 14.0. The van der Waals surface area contributed by atoms with Crippen LogP contribution in [-0.2, 0) is 29.1 Å². The van der Waals surface area contributed by atoms with Gasteiger partial charge in [-0.3, -0.25) is 9.59 Å². The molecule has 1 unspecified atom stereocenters. The summed E-state index contributed by atoms with van der Waals surface area (Å²) in [6.07, 6.45) is 1.45. The van der Waals surface area contributed by atoms with Crippen molar-refractivity contribution in [3.05, 3.63) is 70.8 Å². The van der Waals surface area contributed by atoms with Gasteiger partial charge >= 0.3 is 0 Å². The Labute approximate surface area is 173 Å². The van der Waals surface area contributed by atoms with Gasteiger partial charge in [-0.2, -0.15) is 0 Å². The molecule has 2 amide bonds. The molecule has 0 spiro atoms. The van der Waals surface area contributed by atoms with Crippen molar-refractivity contribution in [2.75, 3.05) is 0 Å². The highest BCUT2D eigenvalue weighted by Crippen LogP contribution is 2.17. The molecule has 0 aromatic heterocycles. The SMILES string of the molecule is CCC(C)[C@H](NC(=O)[C@@H]1Cc2ccccc2CN1)C(=O)NCc1ccc(C)cc1. The minimum absolute atomic E-state index is 0.0489. The molecule has 2 aromatic rings. The van der Waals surface area contributed by atoms with Crippen molar-refractivity contribution < 1.29 is 9.59 Å². The van der Waals surface area contributed by atoms with Gasteiger partial charge in [-0.1, -0.05) is 74.4 Å². The van der Waals surface area contributed by atoms with Gasteiger partial charge in [0.2, 0.25) is 11.8 Å². The van der Waals surface area contributed by atoms with Crippen molar-refractivity contribution in [3.63, 3.8) is 0 Å². The van der Waals surface area contributed by atoms with Crippen LogP contribution in [0.2, 0.25) is 0 Å². The maximum absolute atomic E-state index is 12.9. The lowest BCUT2D eigenvalue weighted by Gasteiger charge is -2.29. The van der Waals surface area contributed by atoms with E-state index in [1.54, 1.807) is 0 Å². The van der Waals surface area contributed by atoms with E-state index < -0.39 is 6.04 Å². The first-order valence-electron chi connectivity index (χ1n) is 10.4. The lowest BCUT2D eigenvalue weighted by atomic mass is 9.94. The van der Waals surface area contributed by atoms with Crippen LogP contribution in [0.3, 0.4) is 0 Å². The number of carbonyl (C=O) groups excluding carboxylic acids is 2. The summed E-state index contributed by atoms with van der Waals surface area (Å²) >= 11 is 0. The largest absolute Gasteiger partial charge is 0.350 e. The summed E-state index contributed by atoms with van der Waals surface area (Å²) in [7, 11) is 0. The molecule has 0 saturated heterocycles. The first kappa shape index (κ1) is 21.1. The number of amides is 2. The van der Waals surface area contributed by atoms with Crippen LogP contribution in [0, 0.1) is 12.8 Å². The van der Waals surface area contributed by atoms with Gasteiger partial charge in [-0.05, 0) is 36.0 Å². The lowest BCUT2D eigenvalue weighted by molar-refractivity contribution is -0.131.